The summed E-state index contributed by atoms with van der Waals surface area (Å²) in [4.78, 5) is 0. The van der Waals surface area contributed by atoms with E-state index in [1.54, 1.807) is 12.1 Å². The molecule has 2 rings (SSSR count). The molecule has 0 atom stereocenters. The fourth-order valence-electron chi connectivity index (χ4n) is 1.63. The lowest BCUT2D eigenvalue weighted by Gasteiger charge is -2.10. The van der Waals surface area contributed by atoms with Crippen LogP contribution in [0.1, 0.15) is 18.4 Å². The van der Waals surface area contributed by atoms with Gasteiger partial charge in [-0.3, -0.25) is 0 Å². The van der Waals surface area contributed by atoms with E-state index in [9.17, 15) is 4.39 Å². The van der Waals surface area contributed by atoms with Gasteiger partial charge in [-0.1, -0.05) is 12.0 Å². The summed E-state index contributed by atoms with van der Waals surface area (Å²) in [5, 5.41) is 0. The highest BCUT2D eigenvalue weighted by Gasteiger charge is 2.44. The zero-order valence-corrected chi connectivity index (χ0v) is 8.01. The molecule has 0 aromatic heterocycles. The highest BCUT2D eigenvalue weighted by molar-refractivity contribution is 5.43. The van der Waals surface area contributed by atoms with Crippen LogP contribution in [0.3, 0.4) is 0 Å². The SMILES string of the molecule is C#CC1(c2ccc(OC)cc2F)CC1. The molecular formula is C12H11FO. The molecule has 2 heteroatoms. The maximum absolute atomic E-state index is 13.6. The van der Waals surface area contributed by atoms with Crippen molar-refractivity contribution in [3.63, 3.8) is 0 Å². The largest absolute Gasteiger partial charge is 0.497 e. The molecule has 14 heavy (non-hydrogen) atoms. The Labute approximate surface area is 82.9 Å². The van der Waals surface area contributed by atoms with Crippen molar-refractivity contribution in [3.05, 3.63) is 29.6 Å². The molecule has 72 valence electrons. The summed E-state index contributed by atoms with van der Waals surface area (Å²) in [6.45, 7) is 0. The molecule has 0 aliphatic heterocycles. The summed E-state index contributed by atoms with van der Waals surface area (Å²) in [6.07, 6.45) is 7.16. The van der Waals surface area contributed by atoms with Crippen LogP contribution in [0, 0.1) is 18.2 Å². The summed E-state index contributed by atoms with van der Waals surface area (Å²) >= 11 is 0. The first-order valence-corrected chi connectivity index (χ1v) is 4.54. The molecule has 1 saturated carbocycles. The maximum Gasteiger partial charge on any atom is 0.131 e. The fraction of sp³-hybridized carbons (Fsp3) is 0.333. The number of terminal acetylenes is 1. The van der Waals surface area contributed by atoms with E-state index in [2.05, 4.69) is 5.92 Å². The average molecular weight is 190 g/mol. The molecule has 0 radical (unpaired) electrons. The Kier molecular flexibility index (Phi) is 1.96. The van der Waals surface area contributed by atoms with Crippen molar-refractivity contribution in [1.82, 2.24) is 0 Å². The minimum atomic E-state index is -0.337. The second-order valence-corrected chi connectivity index (χ2v) is 3.57. The predicted molar refractivity (Wildman–Crippen MR) is 52.7 cm³/mol. The Morgan fingerprint density at radius 2 is 2.21 bits per heavy atom. The van der Waals surface area contributed by atoms with Crippen molar-refractivity contribution < 1.29 is 9.13 Å². The third-order valence-electron chi connectivity index (χ3n) is 2.72. The van der Waals surface area contributed by atoms with Crippen molar-refractivity contribution in [3.8, 4) is 18.1 Å². The molecule has 0 amide bonds. The molecule has 1 aliphatic rings. The van der Waals surface area contributed by atoms with Gasteiger partial charge in [-0.25, -0.2) is 4.39 Å². The van der Waals surface area contributed by atoms with Gasteiger partial charge in [0.15, 0.2) is 0 Å². The summed E-state index contributed by atoms with van der Waals surface area (Å²) in [7, 11) is 1.52. The third kappa shape index (κ3) is 1.26. The third-order valence-corrected chi connectivity index (χ3v) is 2.72. The van der Waals surface area contributed by atoms with Gasteiger partial charge in [0, 0.05) is 11.6 Å². The molecule has 1 nitrogen and oxygen atoms in total. The predicted octanol–water partition coefficient (Wildman–Crippen LogP) is 2.50. The number of ether oxygens (including phenoxy) is 1. The van der Waals surface area contributed by atoms with Crippen LogP contribution in [0.25, 0.3) is 0 Å². The van der Waals surface area contributed by atoms with Crippen LogP contribution in [-0.4, -0.2) is 7.11 Å². The van der Waals surface area contributed by atoms with Gasteiger partial charge in [0.25, 0.3) is 0 Å². The number of rotatable bonds is 2. The smallest absolute Gasteiger partial charge is 0.131 e. The highest BCUT2D eigenvalue weighted by Crippen LogP contribution is 2.48. The van der Waals surface area contributed by atoms with Crippen LogP contribution in [0.5, 0.6) is 5.75 Å². The summed E-state index contributed by atoms with van der Waals surface area (Å²) < 4.78 is 18.5. The van der Waals surface area contributed by atoms with E-state index >= 15 is 0 Å². The number of hydrogen-bond acceptors (Lipinski definition) is 1. The number of benzene rings is 1. The zero-order chi connectivity index (χ0) is 10.2. The minimum Gasteiger partial charge on any atom is -0.497 e. The second kappa shape index (κ2) is 3.02. The molecule has 1 aromatic carbocycles. The standard InChI is InChI=1S/C12H11FO/c1-3-12(6-7-12)10-5-4-9(14-2)8-11(10)13/h1,4-5,8H,6-7H2,2H3. The summed E-state index contributed by atoms with van der Waals surface area (Å²) in [5.74, 6) is 2.93. The van der Waals surface area contributed by atoms with Crippen molar-refractivity contribution in [2.75, 3.05) is 7.11 Å². The van der Waals surface area contributed by atoms with Gasteiger partial charge >= 0.3 is 0 Å². The van der Waals surface area contributed by atoms with Gasteiger partial charge < -0.3 is 4.74 Å². The van der Waals surface area contributed by atoms with Crippen molar-refractivity contribution in [2.24, 2.45) is 0 Å². The molecule has 0 spiro atoms. The first kappa shape index (κ1) is 9.08. The number of halogens is 1. The van der Waals surface area contributed by atoms with Gasteiger partial charge in [-0.15, -0.1) is 6.42 Å². The van der Waals surface area contributed by atoms with Crippen LogP contribution in [0.2, 0.25) is 0 Å². The lowest BCUT2D eigenvalue weighted by molar-refractivity contribution is 0.410. The Hall–Kier alpha value is -1.49. The second-order valence-electron chi connectivity index (χ2n) is 3.57. The van der Waals surface area contributed by atoms with E-state index in [0.717, 1.165) is 12.8 Å². The van der Waals surface area contributed by atoms with E-state index in [0.29, 0.717) is 11.3 Å². The highest BCUT2D eigenvalue weighted by atomic mass is 19.1. The van der Waals surface area contributed by atoms with E-state index in [4.69, 9.17) is 11.2 Å². The van der Waals surface area contributed by atoms with Gasteiger partial charge in [0.1, 0.15) is 11.6 Å². The van der Waals surface area contributed by atoms with Crippen LogP contribution in [0.4, 0.5) is 4.39 Å². The first-order valence-electron chi connectivity index (χ1n) is 4.54. The lowest BCUT2D eigenvalue weighted by atomic mass is 9.96. The topological polar surface area (TPSA) is 9.23 Å². The number of methoxy groups -OCH3 is 1. The van der Waals surface area contributed by atoms with E-state index in [1.807, 2.05) is 0 Å². The Morgan fingerprint density at radius 1 is 1.50 bits per heavy atom. The van der Waals surface area contributed by atoms with Crippen LogP contribution in [0.15, 0.2) is 18.2 Å². The van der Waals surface area contributed by atoms with E-state index in [-0.39, 0.29) is 11.2 Å². The van der Waals surface area contributed by atoms with E-state index in [1.165, 1.54) is 13.2 Å². The molecule has 1 aliphatic carbocycles. The van der Waals surface area contributed by atoms with Crippen LogP contribution < -0.4 is 4.74 Å². The first-order chi connectivity index (χ1) is 6.72. The maximum atomic E-state index is 13.6. The van der Waals surface area contributed by atoms with Crippen LogP contribution >= 0.6 is 0 Å². The normalized spacial score (nSPS) is 17.2. The molecule has 1 aromatic rings. The van der Waals surface area contributed by atoms with Gasteiger partial charge in [0.05, 0.1) is 12.5 Å². The Bertz CT molecular complexity index is 399. The van der Waals surface area contributed by atoms with Crippen molar-refractivity contribution >= 4 is 0 Å². The summed E-state index contributed by atoms with van der Waals surface area (Å²) in [5.41, 5.74) is 0.289. The van der Waals surface area contributed by atoms with Crippen LogP contribution in [-0.2, 0) is 5.41 Å². The Morgan fingerprint density at radius 3 is 2.64 bits per heavy atom. The van der Waals surface area contributed by atoms with E-state index < -0.39 is 0 Å². The molecule has 0 saturated heterocycles. The fourth-order valence-corrected chi connectivity index (χ4v) is 1.63. The van der Waals surface area contributed by atoms with Gasteiger partial charge in [-0.2, -0.15) is 0 Å². The van der Waals surface area contributed by atoms with Crippen molar-refractivity contribution in [1.29, 1.82) is 0 Å². The minimum absolute atomic E-state index is 0.264. The monoisotopic (exact) mass is 190 g/mol. The molecule has 0 bridgehead atoms. The molecule has 1 fully saturated rings. The zero-order valence-electron chi connectivity index (χ0n) is 8.01. The van der Waals surface area contributed by atoms with Gasteiger partial charge in [-0.05, 0) is 18.9 Å². The van der Waals surface area contributed by atoms with Crippen molar-refractivity contribution in [2.45, 2.75) is 18.3 Å². The summed E-state index contributed by atoms with van der Waals surface area (Å²) in [6, 6.07) is 4.85. The molecular weight excluding hydrogens is 179 g/mol. The average Bonchev–Trinajstić information content (AvgIpc) is 2.98. The molecule has 0 heterocycles. The molecule has 0 unspecified atom stereocenters. The number of hydrogen-bond donors (Lipinski definition) is 0. The quantitative estimate of drug-likeness (QED) is 0.651. The lowest BCUT2D eigenvalue weighted by Crippen LogP contribution is -2.05. The Balaban J connectivity index is 2.42. The van der Waals surface area contributed by atoms with Gasteiger partial charge in [0.2, 0.25) is 0 Å². The molecule has 0 N–H and O–H groups in total.